The highest BCUT2D eigenvalue weighted by molar-refractivity contribution is 6.04. The minimum Gasteiger partial charge on any atom is -0.457 e. The molecule has 0 aliphatic rings. The molecule has 28 heavy (non-hydrogen) atoms. The SMILES string of the molecule is Cc1ccc(C(=O)Nc2cccc(Oc3ccnc4ccccc34)c2)c(=O)[nH]1. The molecule has 1 amide bonds. The molecule has 0 atom stereocenters. The number of ether oxygens (including phenoxy) is 1. The summed E-state index contributed by atoms with van der Waals surface area (Å²) in [5.74, 6) is 0.754. The molecule has 6 nitrogen and oxygen atoms in total. The van der Waals surface area contributed by atoms with Crippen LogP contribution in [0.3, 0.4) is 0 Å². The molecule has 0 saturated heterocycles. The molecule has 0 spiro atoms. The largest absolute Gasteiger partial charge is 0.457 e. The lowest BCUT2D eigenvalue weighted by Gasteiger charge is -2.10. The van der Waals surface area contributed by atoms with Crippen molar-refractivity contribution in [3.8, 4) is 11.5 Å². The topological polar surface area (TPSA) is 84.1 Å². The minimum atomic E-state index is -0.479. The number of pyridine rings is 2. The number of para-hydroxylation sites is 1. The molecular formula is C22H17N3O3. The van der Waals surface area contributed by atoms with Crippen molar-refractivity contribution in [1.82, 2.24) is 9.97 Å². The summed E-state index contributed by atoms with van der Waals surface area (Å²) < 4.78 is 6.00. The Labute approximate surface area is 160 Å². The maximum atomic E-state index is 12.4. The zero-order valence-electron chi connectivity index (χ0n) is 15.1. The second-order valence-corrected chi connectivity index (χ2v) is 6.29. The van der Waals surface area contributed by atoms with Gasteiger partial charge in [0.2, 0.25) is 0 Å². The second kappa shape index (κ2) is 7.36. The van der Waals surface area contributed by atoms with Gasteiger partial charge in [-0.1, -0.05) is 18.2 Å². The van der Waals surface area contributed by atoms with Crippen molar-refractivity contribution in [3.63, 3.8) is 0 Å². The van der Waals surface area contributed by atoms with Crippen molar-refractivity contribution in [2.75, 3.05) is 5.32 Å². The first-order valence-electron chi connectivity index (χ1n) is 8.73. The fourth-order valence-corrected chi connectivity index (χ4v) is 2.87. The number of rotatable bonds is 4. The van der Waals surface area contributed by atoms with Crippen molar-refractivity contribution in [2.24, 2.45) is 0 Å². The predicted molar refractivity (Wildman–Crippen MR) is 108 cm³/mol. The smallest absolute Gasteiger partial charge is 0.261 e. The standard InChI is InChI=1S/C22H17N3O3/c1-14-9-10-18(21(26)24-14)22(27)25-15-5-4-6-16(13-15)28-20-11-12-23-19-8-3-2-7-17(19)20/h2-13H,1H3,(H,24,26)(H,25,27). The van der Waals surface area contributed by atoms with Gasteiger partial charge in [0.05, 0.1) is 5.52 Å². The number of fused-ring (bicyclic) bond motifs is 1. The molecule has 0 fully saturated rings. The Hall–Kier alpha value is -3.93. The Morgan fingerprint density at radius 3 is 2.75 bits per heavy atom. The predicted octanol–water partition coefficient (Wildman–Crippen LogP) is 4.28. The highest BCUT2D eigenvalue weighted by Crippen LogP contribution is 2.29. The molecular weight excluding hydrogens is 354 g/mol. The number of benzene rings is 2. The summed E-state index contributed by atoms with van der Waals surface area (Å²) in [6.45, 7) is 1.76. The van der Waals surface area contributed by atoms with Crippen LogP contribution in [0.4, 0.5) is 5.69 Å². The van der Waals surface area contributed by atoms with E-state index in [1.807, 2.05) is 24.3 Å². The third-order valence-electron chi connectivity index (χ3n) is 4.23. The number of carbonyl (C=O) groups is 1. The lowest BCUT2D eigenvalue weighted by Crippen LogP contribution is -2.23. The van der Waals surface area contributed by atoms with Gasteiger partial charge in [0.25, 0.3) is 11.5 Å². The van der Waals surface area contributed by atoms with Crippen LogP contribution in [0.25, 0.3) is 10.9 Å². The molecule has 2 aromatic carbocycles. The summed E-state index contributed by atoms with van der Waals surface area (Å²) in [6, 6.07) is 19.7. The summed E-state index contributed by atoms with van der Waals surface area (Å²) in [6.07, 6.45) is 1.69. The van der Waals surface area contributed by atoms with E-state index in [-0.39, 0.29) is 5.56 Å². The fourth-order valence-electron chi connectivity index (χ4n) is 2.87. The van der Waals surface area contributed by atoms with Crippen molar-refractivity contribution < 1.29 is 9.53 Å². The average molecular weight is 371 g/mol. The molecule has 0 aliphatic heterocycles. The van der Waals surface area contributed by atoms with Crippen molar-refractivity contribution >= 4 is 22.5 Å². The van der Waals surface area contributed by atoms with Gasteiger partial charge in [0.1, 0.15) is 17.1 Å². The number of aromatic nitrogens is 2. The number of hydrogen-bond acceptors (Lipinski definition) is 4. The lowest BCUT2D eigenvalue weighted by molar-refractivity contribution is 0.102. The number of carbonyl (C=O) groups excluding carboxylic acids is 1. The maximum absolute atomic E-state index is 12.4. The minimum absolute atomic E-state index is 0.0528. The molecule has 0 saturated carbocycles. The van der Waals surface area contributed by atoms with Crippen molar-refractivity contribution in [1.29, 1.82) is 0 Å². The Morgan fingerprint density at radius 2 is 1.89 bits per heavy atom. The zero-order valence-corrected chi connectivity index (χ0v) is 15.1. The summed E-state index contributed by atoms with van der Waals surface area (Å²) >= 11 is 0. The number of hydrogen-bond donors (Lipinski definition) is 2. The number of H-pyrrole nitrogens is 1. The van der Waals surface area contributed by atoms with Crippen LogP contribution in [0.2, 0.25) is 0 Å². The molecule has 138 valence electrons. The summed E-state index contributed by atoms with van der Waals surface area (Å²) in [5.41, 5.74) is 1.69. The number of aryl methyl sites for hydroxylation is 1. The van der Waals surface area contributed by atoms with E-state index in [2.05, 4.69) is 15.3 Å². The van der Waals surface area contributed by atoms with Crippen molar-refractivity contribution in [2.45, 2.75) is 6.92 Å². The van der Waals surface area contributed by atoms with E-state index in [1.54, 1.807) is 49.5 Å². The molecule has 4 aromatic rings. The van der Waals surface area contributed by atoms with Gasteiger partial charge in [-0.25, -0.2) is 0 Å². The van der Waals surface area contributed by atoms with E-state index in [4.69, 9.17) is 4.74 Å². The summed E-state index contributed by atoms with van der Waals surface area (Å²) in [7, 11) is 0. The third kappa shape index (κ3) is 3.61. The van der Waals surface area contributed by atoms with Crippen LogP contribution < -0.4 is 15.6 Å². The molecule has 0 unspecified atom stereocenters. The number of nitrogens with one attached hydrogen (secondary N) is 2. The Morgan fingerprint density at radius 1 is 1.04 bits per heavy atom. The summed E-state index contributed by atoms with van der Waals surface area (Å²) in [5, 5.41) is 3.62. The quantitative estimate of drug-likeness (QED) is 0.561. The normalized spacial score (nSPS) is 10.6. The van der Waals surface area contributed by atoms with E-state index in [1.165, 1.54) is 6.07 Å². The Kier molecular flexibility index (Phi) is 4.60. The van der Waals surface area contributed by atoms with Gasteiger partial charge < -0.3 is 15.0 Å². The Balaban J connectivity index is 1.58. The van der Waals surface area contributed by atoms with E-state index in [9.17, 15) is 9.59 Å². The van der Waals surface area contributed by atoms with Gasteiger partial charge in [0.15, 0.2) is 0 Å². The first-order chi connectivity index (χ1) is 13.6. The van der Waals surface area contributed by atoms with Crippen LogP contribution in [0, 0.1) is 6.92 Å². The molecule has 6 heteroatoms. The van der Waals surface area contributed by atoms with Crippen LogP contribution >= 0.6 is 0 Å². The fraction of sp³-hybridized carbons (Fsp3) is 0.0455. The molecule has 0 aliphatic carbocycles. The van der Waals surface area contributed by atoms with E-state index in [0.717, 1.165) is 10.9 Å². The number of nitrogens with zero attached hydrogens (tertiary/aromatic N) is 1. The van der Waals surface area contributed by atoms with Crippen LogP contribution in [0.15, 0.2) is 77.7 Å². The monoisotopic (exact) mass is 371 g/mol. The van der Waals surface area contributed by atoms with Crippen LogP contribution in [-0.2, 0) is 0 Å². The average Bonchev–Trinajstić information content (AvgIpc) is 2.68. The second-order valence-electron chi connectivity index (χ2n) is 6.29. The third-order valence-corrected chi connectivity index (χ3v) is 4.23. The number of anilines is 1. The van der Waals surface area contributed by atoms with Gasteiger partial charge in [-0.15, -0.1) is 0 Å². The van der Waals surface area contributed by atoms with Gasteiger partial charge in [0, 0.05) is 29.0 Å². The molecule has 0 bridgehead atoms. The van der Waals surface area contributed by atoms with Crippen LogP contribution in [0.5, 0.6) is 11.5 Å². The van der Waals surface area contributed by atoms with Crippen LogP contribution in [-0.4, -0.2) is 15.9 Å². The van der Waals surface area contributed by atoms with Gasteiger partial charge in [-0.3, -0.25) is 14.6 Å². The molecule has 0 radical (unpaired) electrons. The molecule has 2 heterocycles. The highest BCUT2D eigenvalue weighted by Gasteiger charge is 2.11. The maximum Gasteiger partial charge on any atom is 0.261 e. The van der Waals surface area contributed by atoms with Crippen LogP contribution in [0.1, 0.15) is 16.1 Å². The Bertz CT molecular complexity index is 1230. The number of amides is 1. The van der Waals surface area contributed by atoms with E-state index in [0.29, 0.717) is 22.9 Å². The first kappa shape index (κ1) is 17.5. The van der Waals surface area contributed by atoms with E-state index >= 15 is 0 Å². The zero-order chi connectivity index (χ0) is 19.5. The molecule has 4 rings (SSSR count). The van der Waals surface area contributed by atoms with E-state index < -0.39 is 11.5 Å². The lowest BCUT2D eigenvalue weighted by atomic mass is 10.2. The van der Waals surface area contributed by atoms with Gasteiger partial charge in [-0.05, 0) is 49.4 Å². The molecule has 2 aromatic heterocycles. The number of aromatic amines is 1. The first-order valence-corrected chi connectivity index (χ1v) is 8.73. The van der Waals surface area contributed by atoms with Gasteiger partial charge >= 0.3 is 0 Å². The summed E-state index contributed by atoms with van der Waals surface area (Å²) in [4.78, 5) is 31.3. The van der Waals surface area contributed by atoms with Gasteiger partial charge in [-0.2, -0.15) is 0 Å². The highest BCUT2D eigenvalue weighted by atomic mass is 16.5. The van der Waals surface area contributed by atoms with Crippen molar-refractivity contribution in [3.05, 3.63) is 94.5 Å². The molecule has 2 N–H and O–H groups in total.